The van der Waals surface area contributed by atoms with E-state index in [4.69, 9.17) is 9.47 Å². The Bertz CT molecular complexity index is 631. The van der Waals surface area contributed by atoms with E-state index in [-0.39, 0.29) is 18.1 Å². The average molecular weight is 344 g/mol. The molecule has 0 N–H and O–H groups in total. The lowest BCUT2D eigenvalue weighted by Crippen LogP contribution is -2.53. The van der Waals surface area contributed by atoms with Crippen LogP contribution < -0.4 is 4.74 Å². The summed E-state index contributed by atoms with van der Waals surface area (Å²) >= 11 is 0. The summed E-state index contributed by atoms with van der Waals surface area (Å²) in [5, 5.41) is 0. The summed E-state index contributed by atoms with van der Waals surface area (Å²) in [5.41, 5.74) is 0.717. The smallest absolute Gasteiger partial charge is 0.254 e. The largest absolute Gasteiger partial charge is 0.497 e. The quantitative estimate of drug-likeness (QED) is 0.822. The van der Waals surface area contributed by atoms with Gasteiger partial charge >= 0.3 is 0 Å². The van der Waals surface area contributed by atoms with Crippen LogP contribution in [0.3, 0.4) is 0 Å². The molecule has 3 atom stereocenters. The first-order chi connectivity index (χ1) is 12.2. The number of fused-ring (bicyclic) bond motifs is 1. The fourth-order valence-corrected chi connectivity index (χ4v) is 4.52. The molecule has 3 aliphatic rings. The third kappa shape index (κ3) is 3.40. The molecule has 25 heavy (non-hydrogen) atoms. The molecule has 4 rings (SSSR count). The Kier molecular flexibility index (Phi) is 4.69. The number of methoxy groups -OCH3 is 2. The van der Waals surface area contributed by atoms with E-state index in [0.29, 0.717) is 5.92 Å². The van der Waals surface area contributed by atoms with Gasteiger partial charge in [-0.3, -0.25) is 4.79 Å². The zero-order chi connectivity index (χ0) is 17.4. The van der Waals surface area contributed by atoms with Crippen molar-refractivity contribution in [3.63, 3.8) is 0 Å². The molecule has 0 radical (unpaired) electrons. The highest BCUT2D eigenvalue weighted by atomic mass is 16.5. The molecule has 2 heterocycles. The van der Waals surface area contributed by atoms with Crippen LogP contribution in [0.1, 0.15) is 29.6 Å². The fourth-order valence-electron chi connectivity index (χ4n) is 4.52. The average Bonchev–Trinajstić information content (AvgIpc) is 3.36. The van der Waals surface area contributed by atoms with Gasteiger partial charge in [0.2, 0.25) is 0 Å². The molecule has 5 heteroatoms. The lowest BCUT2D eigenvalue weighted by molar-refractivity contribution is -0.0156. The van der Waals surface area contributed by atoms with E-state index < -0.39 is 0 Å². The normalized spacial score (nSPS) is 29.5. The Labute approximate surface area is 149 Å². The number of hydrogen-bond acceptors (Lipinski definition) is 4. The van der Waals surface area contributed by atoms with E-state index >= 15 is 0 Å². The second-order valence-corrected chi connectivity index (χ2v) is 7.69. The van der Waals surface area contributed by atoms with Gasteiger partial charge in [-0.2, -0.15) is 0 Å². The van der Waals surface area contributed by atoms with Crippen LogP contribution >= 0.6 is 0 Å². The summed E-state index contributed by atoms with van der Waals surface area (Å²) in [7, 11) is 3.45. The van der Waals surface area contributed by atoms with Crippen molar-refractivity contribution in [3.8, 4) is 5.75 Å². The van der Waals surface area contributed by atoms with Gasteiger partial charge in [-0.25, -0.2) is 0 Å². The van der Waals surface area contributed by atoms with Gasteiger partial charge in [-0.1, -0.05) is 6.07 Å². The topological polar surface area (TPSA) is 42.0 Å². The zero-order valence-electron chi connectivity index (χ0n) is 15.2. The first-order valence-corrected chi connectivity index (χ1v) is 9.39. The fraction of sp³-hybridized carbons (Fsp3) is 0.650. The van der Waals surface area contributed by atoms with Crippen molar-refractivity contribution < 1.29 is 14.3 Å². The number of amides is 1. The Morgan fingerprint density at radius 3 is 2.76 bits per heavy atom. The van der Waals surface area contributed by atoms with Crippen LogP contribution in [0.2, 0.25) is 0 Å². The molecule has 3 fully saturated rings. The highest BCUT2D eigenvalue weighted by molar-refractivity contribution is 5.95. The van der Waals surface area contributed by atoms with E-state index in [2.05, 4.69) is 9.80 Å². The van der Waals surface area contributed by atoms with Crippen molar-refractivity contribution in [2.24, 2.45) is 11.8 Å². The van der Waals surface area contributed by atoms with E-state index in [9.17, 15) is 4.79 Å². The van der Waals surface area contributed by atoms with Gasteiger partial charge in [0.1, 0.15) is 5.75 Å². The number of hydrogen-bond donors (Lipinski definition) is 0. The van der Waals surface area contributed by atoms with Crippen molar-refractivity contribution in [2.45, 2.75) is 31.4 Å². The molecule has 0 aromatic heterocycles. The highest BCUT2D eigenvalue weighted by Gasteiger charge is 2.46. The Hall–Kier alpha value is -1.59. The lowest BCUT2D eigenvalue weighted by Gasteiger charge is -2.41. The summed E-state index contributed by atoms with van der Waals surface area (Å²) in [5.74, 6) is 2.16. The molecule has 1 amide bonds. The van der Waals surface area contributed by atoms with Gasteiger partial charge in [-0.05, 0) is 43.4 Å². The third-order valence-electron chi connectivity index (χ3n) is 6.03. The molecule has 0 bridgehead atoms. The number of ether oxygens (including phenoxy) is 2. The Morgan fingerprint density at radius 2 is 2.04 bits per heavy atom. The standard InChI is InChI=1S/C20H28N2O3/c1-24-16-5-3-4-15(10-16)20(23)22-9-8-19(25-2)17-12-21(13-18(17)22)11-14-6-7-14/h3-5,10,14,17-19H,6-9,11-13H2,1-2H3/t17-,18+,19-/m0/s1. The number of rotatable bonds is 5. The molecule has 136 valence electrons. The van der Waals surface area contributed by atoms with Crippen molar-refractivity contribution in [1.29, 1.82) is 0 Å². The predicted octanol–water partition coefficient (Wildman–Crippen LogP) is 2.27. The van der Waals surface area contributed by atoms with E-state index in [1.807, 2.05) is 31.4 Å². The maximum atomic E-state index is 13.2. The minimum atomic E-state index is 0.122. The van der Waals surface area contributed by atoms with E-state index in [1.54, 1.807) is 7.11 Å². The van der Waals surface area contributed by atoms with Crippen LogP contribution in [0, 0.1) is 11.8 Å². The predicted molar refractivity (Wildman–Crippen MR) is 95.9 cm³/mol. The molecule has 2 aliphatic heterocycles. The van der Waals surface area contributed by atoms with Crippen molar-refractivity contribution >= 4 is 5.91 Å². The summed E-state index contributed by atoms with van der Waals surface area (Å²) in [6.07, 6.45) is 3.92. The van der Waals surface area contributed by atoms with Gasteiger partial charge in [0.05, 0.1) is 19.3 Å². The van der Waals surface area contributed by atoms with Crippen molar-refractivity contribution in [1.82, 2.24) is 9.80 Å². The Balaban J connectivity index is 1.53. The molecule has 1 aliphatic carbocycles. The molecule has 0 spiro atoms. The Morgan fingerprint density at radius 1 is 1.20 bits per heavy atom. The van der Waals surface area contributed by atoms with Crippen LogP contribution in [0.25, 0.3) is 0 Å². The van der Waals surface area contributed by atoms with Crippen LogP contribution in [-0.4, -0.2) is 68.3 Å². The molecule has 2 saturated heterocycles. The summed E-state index contributed by atoms with van der Waals surface area (Å²) < 4.78 is 11.0. The van der Waals surface area contributed by atoms with Crippen molar-refractivity contribution in [2.75, 3.05) is 40.4 Å². The molecule has 1 saturated carbocycles. The molecular weight excluding hydrogens is 316 g/mol. The third-order valence-corrected chi connectivity index (χ3v) is 6.03. The van der Waals surface area contributed by atoms with Crippen LogP contribution in [-0.2, 0) is 4.74 Å². The summed E-state index contributed by atoms with van der Waals surface area (Å²) in [4.78, 5) is 17.8. The van der Waals surface area contributed by atoms with Gasteiger partial charge in [0.15, 0.2) is 0 Å². The van der Waals surface area contributed by atoms with Crippen LogP contribution in [0.5, 0.6) is 5.75 Å². The van der Waals surface area contributed by atoms with E-state index in [1.165, 1.54) is 19.4 Å². The molecule has 1 aromatic carbocycles. The molecule has 1 aromatic rings. The SMILES string of the molecule is COc1cccc(C(=O)N2CC[C@H](OC)[C@H]3CN(CC4CC4)C[C@H]32)c1. The number of carbonyl (C=O) groups excluding carboxylic acids is 1. The van der Waals surface area contributed by atoms with Crippen molar-refractivity contribution in [3.05, 3.63) is 29.8 Å². The zero-order valence-corrected chi connectivity index (χ0v) is 15.2. The number of nitrogens with zero attached hydrogens (tertiary/aromatic N) is 2. The first-order valence-electron chi connectivity index (χ1n) is 9.39. The second kappa shape index (κ2) is 6.96. The number of benzene rings is 1. The summed E-state index contributed by atoms with van der Waals surface area (Å²) in [6.45, 7) is 4.00. The molecular formula is C20H28N2O3. The number of piperidine rings is 1. The second-order valence-electron chi connectivity index (χ2n) is 7.69. The van der Waals surface area contributed by atoms with Crippen LogP contribution in [0.15, 0.2) is 24.3 Å². The monoisotopic (exact) mass is 344 g/mol. The van der Waals surface area contributed by atoms with Gasteiger partial charge < -0.3 is 19.3 Å². The highest BCUT2D eigenvalue weighted by Crippen LogP contribution is 2.37. The summed E-state index contributed by atoms with van der Waals surface area (Å²) in [6, 6.07) is 7.76. The minimum absolute atomic E-state index is 0.122. The first kappa shape index (κ1) is 16.9. The van der Waals surface area contributed by atoms with E-state index in [0.717, 1.165) is 43.3 Å². The lowest BCUT2D eigenvalue weighted by atomic mass is 9.88. The van der Waals surface area contributed by atoms with Gasteiger partial charge in [0, 0.05) is 44.8 Å². The minimum Gasteiger partial charge on any atom is -0.497 e. The number of likely N-dealkylation sites (tertiary alicyclic amines) is 2. The van der Waals surface area contributed by atoms with Gasteiger partial charge in [0.25, 0.3) is 5.91 Å². The maximum Gasteiger partial charge on any atom is 0.254 e. The van der Waals surface area contributed by atoms with Gasteiger partial charge in [-0.15, -0.1) is 0 Å². The molecule has 5 nitrogen and oxygen atoms in total. The maximum absolute atomic E-state index is 13.2. The molecule has 0 unspecified atom stereocenters. The van der Waals surface area contributed by atoms with Crippen LogP contribution in [0.4, 0.5) is 0 Å². The number of carbonyl (C=O) groups is 1.